The lowest BCUT2D eigenvalue weighted by molar-refractivity contribution is 0.0774. The van der Waals surface area contributed by atoms with Crippen molar-refractivity contribution in [3.8, 4) is 34.5 Å². The first-order valence-corrected chi connectivity index (χ1v) is 13.5. The van der Waals surface area contributed by atoms with Crippen molar-refractivity contribution >= 4 is 17.8 Å². The van der Waals surface area contributed by atoms with Gasteiger partial charge in [0, 0.05) is 24.9 Å². The highest BCUT2D eigenvalue weighted by atomic mass is 19.1. The minimum Gasteiger partial charge on any atom is -0.497 e. The molecule has 210 valence electrons. The molecule has 9 heteroatoms. The first-order valence-electron chi connectivity index (χ1n) is 13.5. The largest absolute Gasteiger partial charge is 0.497 e. The standard InChI is InChI=1S/C31H33FN2O6/c1-36-22-8-10-23(11-9-22)40-28-13-12-24(17-26(28)32)38-15-4-3-5-16-39-30-19-27-25(18-29(30)37-2)31(35)34-14-6-7-21(34)20-33-27/h8-13,17-21H,3-7,14-16H2,1-2H3/t21-/m0/s1. The fourth-order valence-corrected chi connectivity index (χ4v) is 4.80. The number of benzene rings is 3. The number of fused-ring (bicyclic) bond motifs is 2. The molecule has 1 atom stereocenters. The summed E-state index contributed by atoms with van der Waals surface area (Å²) in [7, 11) is 3.15. The molecule has 0 bridgehead atoms. The number of hydrogen-bond acceptors (Lipinski definition) is 7. The van der Waals surface area contributed by atoms with Crippen LogP contribution in [0.3, 0.4) is 0 Å². The van der Waals surface area contributed by atoms with Gasteiger partial charge in [0.2, 0.25) is 0 Å². The van der Waals surface area contributed by atoms with Gasteiger partial charge in [-0.3, -0.25) is 9.79 Å². The summed E-state index contributed by atoms with van der Waals surface area (Å²) in [4.78, 5) is 19.4. The Kier molecular flexibility index (Phi) is 8.68. The fourth-order valence-electron chi connectivity index (χ4n) is 4.80. The van der Waals surface area contributed by atoms with Crippen LogP contribution < -0.4 is 23.7 Å². The average molecular weight is 549 g/mol. The van der Waals surface area contributed by atoms with Gasteiger partial charge in [-0.25, -0.2) is 4.39 Å². The predicted octanol–water partition coefficient (Wildman–Crippen LogP) is 6.58. The minimum absolute atomic E-state index is 0.0147. The number of halogens is 1. The number of methoxy groups -OCH3 is 2. The molecule has 0 N–H and O–H groups in total. The molecule has 40 heavy (non-hydrogen) atoms. The SMILES string of the molecule is COc1ccc(Oc2ccc(OCCCCCOc3cc4c(cc3OC)C(=O)N3CCC[C@H]3C=N4)cc2F)cc1. The molecular weight excluding hydrogens is 515 g/mol. The van der Waals surface area contributed by atoms with Crippen molar-refractivity contribution in [3.63, 3.8) is 0 Å². The van der Waals surface area contributed by atoms with Crippen LogP contribution in [0, 0.1) is 5.82 Å². The second-order valence-electron chi connectivity index (χ2n) is 9.63. The molecule has 0 radical (unpaired) electrons. The molecular formula is C31H33FN2O6. The molecule has 0 unspecified atom stereocenters. The fraction of sp³-hybridized carbons (Fsp3) is 0.355. The van der Waals surface area contributed by atoms with Gasteiger partial charge in [-0.1, -0.05) is 0 Å². The Balaban J connectivity index is 1.06. The van der Waals surface area contributed by atoms with E-state index in [1.54, 1.807) is 62.8 Å². The zero-order valence-electron chi connectivity index (χ0n) is 22.7. The summed E-state index contributed by atoms with van der Waals surface area (Å²) in [5.41, 5.74) is 1.15. The molecule has 1 amide bonds. The van der Waals surface area contributed by atoms with E-state index in [1.807, 2.05) is 11.1 Å². The van der Waals surface area contributed by atoms with Crippen LogP contribution in [0.1, 0.15) is 42.5 Å². The normalized spacial score (nSPS) is 15.7. The first kappa shape index (κ1) is 27.3. The highest BCUT2D eigenvalue weighted by Gasteiger charge is 2.32. The summed E-state index contributed by atoms with van der Waals surface area (Å²) in [6.45, 7) is 1.68. The van der Waals surface area contributed by atoms with Gasteiger partial charge in [-0.15, -0.1) is 0 Å². The number of aliphatic imine (C=N–C) groups is 1. The summed E-state index contributed by atoms with van der Waals surface area (Å²) in [6, 6.07) is 15.1. The molecule has 0 aromatic heterocycles. The molecule has 8 nitrogen and oxygen atoms in total. The number of carbonyl (C=O) groups excluding carboxylic acids is 1. The molecule has 1 fully saturated rings. The Morgan fingerprint density at radius 2 is 1.60 bits per heavy atom. The quantitative estimate of drug-likeness (QED) is 0.238. The Morgan fingerprint density at radius 3 is 2.35 bits per heavy atom. The molecule has 0 aliphatic carbocycles. The van der Waals surface area contributed by atoms with E-state index >= 15 is 0 Å². The van der Waals surface area contributed by atoms with Crippen LogP contribution in [0.2, 0.25) is 0 Å². The van der Waals surface area contributed by atoms with Crippen molar-refractivity contribution in [2.45, 2.75) is 38.1 Å². The lowest BCUT2D eigenvalue weighted by atomic mass is 10.1. The van der Waals surface area contributed by atoms with Crippen molar-refractivity contribution in [1.29, 1.82) is 0 Å². The zero-order valence-corrected chi connectivity index (χ0v) is 22.7. The molecule has 3 aromatic carbocycles. The number of carbonyl (C=O) groups is 1. The Labute approximate surface area is 233 Å². The maximum Gasteiger partial charge on any atom is 0.256 e. The van der Waals surface area contributed by atoms with Crippen LogP contribution in [0.4, 0.5) is 10.1 Å². The van der Waals surface area contributed by atoms with E-state index in [2.05, 4.69) is 4.99 Å². The van der Waals surface area contributed by atoms with E-state index in [0.29, 0.717) is 53.2 Å². The second kappa shape index (κ2) is 12.7. The Morgan fingerprint density at radius 1 is 0.850 bits per heavy atom. The number of hydrogen-bond donors (Lipinski definition) is 0. The maximum atomic E-state index is 14.5. The molecule has 3 aromatic rings. The topological polar surface area (TPSA) is 78.8 Å². The van der Waals surface area contributed by atoms with Gasteiger partial charge >= 0.3 is 0 Å². The molecule has 2 heterocycles. The number of rotatable bonds is 12. The molecule has 1 saturated heterocycles. The minimum atomic E-state index is -0.497. The third-order valence-electron chi connectivity index (χ3n) is 6.96. The number of nitrogens with zero attached hydrogens (tertiary/aromatic N) is 2. The highest BCUT2D eigenvalue weighted by Crippen LogP contribution is 2.38. The molecule has 0 spiro atoms. The summed E-state index contributed by atoms with van der Waals surface area (Å²) < 4.78 is 42.4. The number of unbranched alkanes of at least 4 members (excludes halogenated alkanes) is 2. The van der Waals surface area contributed by atoms with E-state index < -0.39 is 5.82 Å². The molecule has 2 aliphatic rings. The lowest BCUT2D eigenvalue weighted by Crippen LogP contribution is -2.35. The van der Waals surface area contributed by atoms with Gasteiger partial charge < -0.3 is 28.6 Å². The van der Waals surface area contributed by atoms with E-state index in [0.717, 1.165) is 38.6 Å². The summed E-state index contributed by atoms with van der Waals surface area (Å²) in [5, 5.41) is 0. The third kappa shape index (κ3) is 6.30. The highest BCUT2D eigenvalue weighted by molar-refractivity contribution is 6.03. The van der Waals surface area contributed by atoms with Crippen molar-refractivity contribution in [1.82, 2.24) is 4.90 Å². The van der Waals surface area contributed by atoms with E-state index in [4.69, 9.17) is 23.7 Å². The first-order chi connectivity index (χ1) is 19.6. The Hall–Kier alpha value is -4.27. The van der Waals surface area contributed by atoms with Crippen LogP contribution in [0.5, 0.6) is 34.5 Å². The third-order valence-corrected chi connectivity index (χ3v) is 6.96. The van der Waals surface area contributed by atoms with Crippen molar-refractivity contribution in [3.05, 3.63) is 66.0 Å². The second-order valence-corrected chi connectivity index (χ2v) is 9.63. The van der Waals surface area contributed by atoms with E-state index in [1.165, 1.54) is 6.07 Å². The van der Waals surface area contributed by atoms with Crippen LogP contribution in [-0.4, -0.2) is 57.0 Å². The molecule has 0 saturated carbocycles. The predicted molar refractivity (Wildman–Crippen MR) is 150 cm³/mol. The number of amides is 1. The van der Waals surface area contributed by atoms with E-state index in [-0.39, 0.29) is 17.7 Å². The van der Waals surface area contributed by atoms with Gasteiger partial charge in [0.25, 0.3) is 5.91 Å². The number of ether oxygens (including phenoxy) is 5. The van der Waals surface area contributed by atoms with Gasteiger partial charge in [-0.05, 0) is 74.6 Å². The smallest absolute Gasteiger partial charge is 0.256 e. The summed E-state index contributed by atoms with van der Waals surface area (Å²) in [6.07, 6.45) is 6.23. The van der Waals surface area contributed by atoms with Gasteiger partial charge in [-0.2, -0.15) is 0 Å². The summed E-state index contributed by atoms with van der Waals surface area (Å²) >= 11 is 0. The van der Waals surface area contributed by atoms with Crippen LogP contribution in [0.25, 0.3) is 0 Å². The van der Waals surface area contributed by atoms with Gasteiger partial charge in [0.05, 0.1) is 44.7 Å². The van der Waals surface area contributed by atoms with Gasteiger partial charge in [0.1, 0.15) is 17.2 Å². The molecule has 2 aliphatic heterocycles. The van der Waals surface area contributed by atoms with Gasteiger partial charge in [0.15, 0.2) is 23.1 Å². The average Bonchev–Trinajstić information content (AvgIpc) is 3.41. The van der Waals surface area contributed by atoms with Crippen molar-refractivity contribution in [2.75, 3.05) is 34.0 Å². The van der Waals surface area contributed by atoms with E-state index in [9.17, 15) is 9.18 Å². The van der Waals surface area contributed by atoms with Crippen LogP contribution >= 0.6 is 0 Å². The lowest BCUT2D eigenvalue weighted by Gasteiger charge is -2.20. The summed E-state index contributed by atoms with van der Waals surface area (Å²) in [5.74, 6) is 2.35. The molecule has 5 rings (SSSR count). The van der Waals surface area contributed by atoms with Crippen molar-refractivity contribution in [2.24, 2.45) is 4.99 Å². The van der Waals surface area contributed by atoms with Crippen molar-refractivity contribution < 1.29 is 32.9 Å². The monoisotopic (exact) mass is 548 g/mol. The van der Waals surface area contributed by atoms with Crippen LogP contribution in [-0.2, 0) is 0 Å². The maximum absolute atomic E-state index is 14.5. The Bertz CT molecular complexity index is 1360. The zero-order chi connectivity index (χ0) is 27.9. The van der Waals surface area contributed by atoms with Crippen LogP contribution in [0.15, 0.2) is 59.6 Å².